The second kappa shape index (κ2) is 3.61. The van der Waals surface area contributed by atoms with Gasteiger partial charge < -0.3 is 4.90 Å². The minimum Gasteiger partial charge on any atom is -0.317 e. The molecule has 1 aliphatic rings. The number of para-hydroxylation sites is 1. The van der Waals surface area contributed by atoms with E-state index in [0.29, 0.717) is 5.69 Å². The lowest BCUT2D eigenvalue weighted by Crippen LogP contribution is -2.59. The van der Waals surface area contributed by atoms with Gasteiger partial charge in [-0.05, 0) is 12.1 Å². The van der Waals surface area contributed by atoms with Crippen LogP contribution in [0.2, 0.25) is 0 Å². The molecule has 1 heterocycles. The maximum atomic E-state index is 11.6. The lowest BCUT2D eigenvalue weighted by Gasteiger charge is -2.32. The van der Waals surface area contributed by atoms with E-state index in [1.165, 1.54) is 9.91 Å². The first-order valence-electron chi connectivity index (χ1n) is 4.58. The molecule has 5 nitrogen and oxygen atoms in total. The van der Waals surface area contributed by atoms with E-state index >= 15 is 0 Å². The number of carbonyl (C=O) groups is 2. The van der Waals surface area contributed by atoms with Crippen molar-refractivity contribution in [2.45, 2.75) is 0 Å². The molecule has 1 aliphatic heterocycles. The summed E-state index contributed by atoms with van der Waals surface area (Å²) in [5.41, 5.74) is 3.17. The van der Waals surface area contributed by atoms with Crippen LogP contribution in [0.1, 0.15) is 0 Å². The molecule has 0 spiro atoms. The molecule has 0 aromatic heterocycles. The second-order valence-corrected chi connectivity index (χ2v) is 3.34. The standard InChI is InChI=1S/C10H11N3O2/c1-12-7-9(14)13(11-10(12)15)8-5-3-2-4-6-8/h2-6H,7H2,1H3,(H,11,15). The summed E-state index contributed by atoms with van der Waals surface area (Å²) in [6.07, 6.45) is 0. The van der Waals surface area contributed by atoms with Gasteiger partial charge in [-0.3, -0.25) is 4.79 Å². The SMILES string of the molecule is CN1CC(=O)N(c2ccccc2)NC1=O. The minimum atomic E-state index is -0.279. The van der Waals surface area contributed by atoms with Crippen LogP contribution < -0.4 is 10.4 Å². The largest absolute Gasteiger partial charge is 0.336 e. The summed E-state index contributed by atoms with van der Waals surface area (Å²) in [6, 6.07) is 8.73. The van der Waals surface area contributed by atoms with Crippen LogP contribution in [0.25, 0.3) is 0 Å². The van der Waals surface area contributed by atoms with Gasteiger partial charge in [0.15, 0.2) is 0 Å². The third-order valence-corrected chi connectivity index (χ3v) is 2.19. The van der Waals surface area contributed by atoms with E-state index in [1.54, 1.807) is 19.2 Å². The molecule has 3 amide bonds. The first-order valence-corrected chi connectivity index (χ1v) is 4.58. The van der Waals surface area contributed by atoms with Gasteiger partial charge in [-0.25, -0.2) is 15.2 Å². The van der Waals surface area contributed by atoms with Gasteiger partial charge in [0.1, 0.15) is 6.54 Å². The molecule has 0 atom stereocenters. The van der Waals surface area contributed by atoms with Crippen LogP contribution in [0.15, 0.2) is 30.3 Å². The zero-order chi connectivity index (χ0) is 10.8. The highest BCUT2D eigenvalue weighted by atomic mass is 16.2. The van der Waals surface area contributed by atoms with Crippen LogP contribution in [0, 0.1) is 0 Å². The fourth-order valence-electron chi connectivity index (χ4n) is 1.37. The van der Waals surface area contributed by atoms with E-state index in [4.69, 9.17) is 0 Å². The number of benzene rings is 1. The molecule has 1 aromatic rings. The van der Waals surface area contributed by atoms with E-state index < -0.39 is 0 Å². The van der Waals surface area contributed by atoms with Crippen LogP contribution in [0.3, 0.4) is 0 Å². The summed E-state index contributed by atoms with van der Waals surface area (Å²) >= 11 is 0. The zero-order valence-corrected chi connectivity index (χ0v) is 8.30. The molecule has 0 saturated carbocycles. The third-order valence-electron chi connectivity index (χ3n) is 2.19. The maximum Gasteiger partial charge on any atom is 0.336 e. The number of hydrogen-bond donors (Lipinski definition) is 1. The van der Waals surface area contributed by atoms with Gasteiger partial charge in [-0.2, -0.15) is 0 Å². The Morgan fingerprint density at radius 3 is 2.53 bits per heavy atom. The summed E-state index contributed by atoms with van der Waals surface area (Å²) in [6.45, 7) is 0.0979. The van der Waals surface area contributed by atoms with Gasteiger partial charge in [-0.1, -0.05) is 18.2 Å². The number of likely N-dealkylation sites (N-methyl/N-ethyl adjacent to an activating group) is 1. The Hall–Kier alpha value is -2.04. The van der Waals surface area contributed by atoms with Crippen LogP contribution in [0.5, 0.6) is 0 Å². The molecular formula is C10H11N3O2. The van der Waals surface area contributed by atoms with Crippen molar-refractivity contribution >= 4 is 17.6 Å². The zero-order valence-electron chi connectivity index (χ0n) is 8.30. The van der Waals surface area contributed by atoms with Crippen molar-refractivity contribution in [3.05, 3.63) is 30.3 Å². The van der Waals surface area contributed by atoms with E-state index in [1.807, 2.05) is 18.2 Å². The molecule has 1 aromatic carbocycles. The fraction of sp³-hybridized carbons (Fsp3) is 0.200. The first-order chi connectivity index (χ1) is 7.18. The Morgan fingerprint density at radius 1 is 1.20 bits per heavy atom. The summed E-state index contributed by atoms with van der Waals surface area (Å²) in [5, 5.41) is 1.27. The average Bonchev–Trinajstić information content (AvgIpc) is 2.25. The van der Waals surface area contributed by atoms with Crippen LogP contribution >= 0.6 is 0 Å². The Morgan fingerprint density at radius 2 is 1.87 bits per heavy atom. The van der Waals surface area contributed by atoms with E-state index in [0.717, 1.165) is 0 Å². The number of carbonyl (C=O) groups excluding carboxylic acids is 2. The van der Waals surface area contributed by atoms with Crippen molar-refractivity contribution in [1.29, 1.82) is 0 Å². The van der Waals surface area contributed by atoms with Gasteiger partial charge in [0.25, 0.3) is 5.91 Å². The minimum absolute atomic E-state index is 0.0979. The van der Waals surface area contributed by atoms with Crippen molar-refractivity contribution in [2.75, 3.05) is 18.6 Å². The number of urea groups is 1. The molecule has 1 fully saturated rings. The molecule has 78 valence electrons. The number of rotatable bonds is 1. The summed E-state index contributed by atoms with van der Waals surface area (Å²) in [7, 11) is 1.58. The predicted octanol–water partition coefficient (Wildman–Crippen LogP) is 0.590. The van der Waals surface area contributed by atoms with E-state index in [2.05, 4.69) is 5.43 Å². The van der Waals surface area contributed by atoms with Gasteiger partial charge in [0.05, 0.1) is 5.69 Å². The first kappa shape index (κ1) is 9.51. The van der Waals surface area contributed by atoms with Crippen molar-refractivity contribution in [1.82, 2.24) is 10.3 Å². The lowest BCUT2D eigenvalue weighted by atomic mass is 10.3. The van der Waals surface area contributed by atoms with E-state index in [-0.39, 0.29) is 18.5 Å². The highest BCUT2D eigenvalue weighted by molar-refractivity contribution is 6.01. The molecule has 1 N–H and O–H groups in total. The summed E-state index contributed by atoms with van der Waals surface area (Å²) < 4.78 is 0. The van der Waals surface area contributed by atoms with E-state index in [9.17, 15) is 9.59 Å². The number of anilines is 1. The number of amides is 3. The second-order valence-electron chi connectivity index (χ2n) is 3.34. The Balaban J connectivity index is 2.24. The molecule has 15 heavy (non-hydrogen) atoms. The van der Waals surface area contributed by atoms with Crippen molar-refractivity contribution in [2.24, 2.45) is 0 Å². The molecular weight excluding hydrogens is 194 g/mol. The van der Waals surface area contributed by atoms with Crippen LogP contribution in [0.4, 0.5) is 10.5 Å². The summed E-state index contributed by atoms with van der Waals surface area (Å²) in [5.74, 6) is -0.150. The highest BCUT2D eigenvalue weighted by Gasteiger charge is 2.27. The van der Waals surface area contributed by atoms with Crippen molar-refractivity contribution in [3.63, 3.8) is 0 Å². The maximum absolute atomic E-state index is 11.6. The topological polar surface area (TPSA) is 52.7 Å². The highest BCUT2D eigenvalue weighted by Crippen LogP contribution is 2.13. The summed E-state index contributed by atoms with van der Waals surface area (Å²) in [4.78, 5) is 24.3. The number of nitrogens with zero attached hydrogens (tertiary/aromatic N) is 2. The Labute approximate surface area is 87.2 Å². The van der Waals surface area contributed by atoms with Gasteiger partial charge in [0, 0.05) is 7.05 Å². The van der Waals surface area contributed by atoms with Crippen molar-refractivity contribution < 1.29 is 9.59 Å². The van der Waals surface area contributed by atoms with Gasteiger partial charge in [-0.15, -0.1) is 0 Å². The number of nitrogens with one attached hydrogen (secondary N) is 1. The van der Waals surface area contributed by atoms with Crippen LogP contribution in [-0.4, -0.2) is 30.4 Å². The molecule has 0 unspecified atom stereocenters. The monoisotopic (exact) mass is 205 g/mol. The smallest absolute Gasteiger partial charge is 0.317 e. The van der Waals surface area contributed by atoms with Gasteiger partial charge in [0.2, 0.25) is 0 Å². The third kappa shape index (κ3) is 1.76. The fourth-order valence-corrected chi connectivity index (χ4v) is 1.37. The predicted molar refractivity (Wildman–Crippen MR) is 55.1 cm³/mol. The number of hydrogen-bond acceptors (Lipinski definition) is 2. The Kier molecular flexibility index (Phi) is 2.29. The quantitative estimate of drug-likeness (QED) is 0.729. The molecule has 5 heteroatoms. The molecule has 2 rings (SSSR count). The molecule has 0 bridgehead atoms. The molecule has 0 aliphatic carbocycles. The Bertz CT molecular complexity index is 391. The molecule has 1 saturated heterocycles. The normalized spacial score (nSPS) is 16.6. The van der Waals surface area contributed by atoms with Crippen LogP contribution in [-0.2, 0) is 4.79 Å². The lowest BCUT2D eigenvalue weighted by molar-refractivity contribution is -0.120. The number of hydrazine groups is 1. The molecule has 0 radical (unpaired) electrons. The average molecular weight is 205 g/mol. The van der Waals surface area contributed by atoms with Crippen molar-refractivity contribution in [3.8, 4) is 0 Å². The van der Waals surface area contributed by atoms with Gasteiger partial charge >= 0.3 is 6.03 Å².